The number of rotatable bonds is 2. The van der Waals surface area contributed by atoms with Gasteiger partial charge < -0.3 is 10.2 Å². The van der Waals surface area contributed by atoms with E-state index in [2.05, 4.69) is 6.08 Å². The van der Waals surface area contributed by atoms with Crippen molar-refractivity contribution >= 4 is 0 Å². The van der Waals surface area contributed by atoms with Gasteiger partial charge in [-0.3, -0.25) is 0 Å². The zero-order valence-corrected chi connectivity index (χ0v) is 7.70. The lowest BCUT2D eigenvalue weighted by Crippen LogP contribution is -2.22. The fourth-order valence-electron chi connectivity index (χ4n) is 1.71. The Balaban J connectivity index is 1.96. The molecular formula is C11H15NO. The summed E-state index contributed by atoms with van der Waals surface area (Å²) in [5, 5.41) is 0. The second-order valence-corrected chi connectivity index (χ2v) is 3.65. The molecule has 0 saturated heterocycles. The molecule has 1 heterocycles. The lowest BCUT2D eigenvalue weighted by molar-refractivity contribution is 0.508. The van der Waals surface area contributed by atoms with E-state index in [1.807, 2.05) is 12.1 Å². The Morgan fingerprint density at radius 1 is 1.54 bits per heavy atom. The largest absolute Gasteiger partial charge is 0.469 e. The molecule has 1 atom stereocenters. The first kappa shape index (κ1) is 8.57. The van der Waals surface area contributed by atoms with Crippen molar-refractivity contribution in [3.8, 4) is 0 Å². The summed E-state index contributed by atoms with van der Waals surface area (Å²) >= 11 is 0. The van der Waals surface area contributed by atoms with E-state index in [1.54, 1.807) is 6.26 Å². The summed E-state index contributed by atoms with van der Waals surface area (Å²) in [7, 11) is 0. The van der Waals surface area contributed by atoms with Gasteiger partial charge in [-0.05, 0) is 31.4 Å². The second-order valence-electron chi connectivity index (χ2n) is 3.65. The lowest BCUT2D eigenvalue weighted by Gasteiger charge is -2.17. The van der Waals surface area contributed by atoms with Crippen molar-refractivity contribution in [1.82, 2.24) is 0 Å². The van der Waals surface area contributed by atoms with Gasteiger partial charge in [-0.25, -0.2) is 0 Å². The number of hydrogen-bond donors (Lipinski definition) is 1. The zero-order valence-electron chi connectivity index (χ0n) is 7.70. The lowest BCUT2D eigenvalue weighted by atomic mass is 9.93. The fourth-order valence-corrected chi connectivity index (χ4v) is 1.71. The third-order valence-electron chi connectivity index (χ3n) is 2.53. The number of allylic oxidation sites excluding steroid dienone is 1. The van der Waals surface area contributed by atoms with Crippen LogP contribution in [0.2, 0.25) is 0 Å². The Labute approximate surface area is 78.4 Å². The van der Waals surface area contributed by atoms with Crippen molar-refractivity contribution in [3.05, 3.63) is 35.8 Å². The van der Waals surface area contributed by atoms with Crippen LogP contribution in [0.15, 0.2) is 34.5 Å². The molecule has 1 unspecified atom stereocenters. The van der Waals surface area contributed by atoms with E-state index in [0.29, 0.717) is 6.04 Å². The highest BCUT2D eigenvalue weighted by Crippen LogP contribution is 2.20. The summed E-state index contributed by atoms with van der Waals surface area (Å²) in [6, 6.07) is 4.33. The molecule has 1 aliphatic carbocycles. The van der Waals surface area contributed by atoms with Crippen molar-refractivity contribution in [2.45, 2.75) is 31.7 Å². The summed E-state index contributed by atoms with van der Waals surface area (Å²) in [4.78, 5) is 0. The molecule has 0 aromatic carbocycles. The van der Waals surface area contributed by atoms with E-state index in [4.69, 9.17) is 10.2 Å². The van der Waals surface area contributed by atoms with Gasteiger partial charge >= 0.3 is 0 Å². The quantitative estimate of drug-likeness (QED) is 0.704. The zero-order chi connectivity index (χ0) is 9.10. The molecule has 0 fully saturated rings. The second kappa shape index (κ2) is 3.79. The molecule has 2 nitrogen and oxygen atoms in total. The standard InChI is InChI=1S/C11H15NO/c12-10-5-3-9(4-6-10)8-11-2-1-7-13-11/h1-3,7,10H,4-6,8,12H2. The summed E-state index contributed by atoms with van der Waals surface area (Å²) < 4.78 is 5.29. The van der Waals surface area contributed by atoms with E-state index < -0.39 is 0 Å². The molecule has 1 aromatic rings. The van der Waals surface area contributed by atoms with Crippen molar-refractivity contribution in [1.29, 1.82) is 0 Å². The maximum absolute atomic E-state index is 5.80. The van der Waals surface area contributed by atoms with E-state index in [1.165, 1.54) is 5.57 Å². The minimum atomic E-state index is 0.375. The van der Waals surface area contributed by atoms with Gasteiger partial charge in [0.05, 0.1) is 6.26 Å². The minimum absolute atomic E-state index is 0.375. The van der Waals surface area contributed by atoms with Gasteiger partial charge in [0.1, 0.15) is 5.76 Å². The van der Waals surface area contributed by atoms with Crippen molar-refractivity contribution in [2.24, 2.45) is 5.73 Å². The third kappa shape index (κ3) is 2.22. The summed E-state index contributed by atoms with van der Waals surface area (Å²) in [6.45, 7) is 0. The molecule has 0 radical (unpaired) electrons. The Hall–Kier alpha value is -1.02. The topological polar surface area (TPSA) is 39.2 Å². The van der Waals surface area contributed by atoms with Crippen molar-refractivity contribution < 1.29 is 4.42 Å². The Kier molecular flexibility index (Phi) is 2.50. The number of hydrogen-bond acceptors (Lipinski definition) is 2. The smallest absolute Gasteiger partial charge is 0.107 e. The highest BCUT2D eigenvalue weighted by Gasteiger charge is 2.11. The van der Waals surface area contributed by atoms with Gasteiger partial charge in [0.15, 0.2) is 0 Å². The van der Waals surface area contributed by atoms with Crippen LogP contribution < -0.4 is 5.73 Å². The maximum atomic E-state index is 5.80. The predicted octanol–water partition coefficient (Wildman–Crippen LogP) is 2.26. The third-order valence-corrected chi connectivity index (χ3v) is 2.53. The molecule has 1 aliphatic rings. The summed E-state index contributed by atoms with van der Waals surface area (Å²) in [6.07, 6.45) is 8.21. The molecule has 0 amide bonds. The summed E-state index contributed by atoms with van der Waals surface area (Å²) in [5.74, 6) is 1.06. The van der Waals surface area contributed by atoms with Gasteiger partial charge in [0.2, 0.25) is 0 Å². The number of furan rings is 1. The highest BCUT2D eigenvalue weighted by molar-refractivity contribution is 5.15. The van der Waals surface area contributed by atoms with Crippen LogP contribution in [-0.2, 0) is 6.42 Å². The average molecular weight is 177 g/mol. The van der Waals surface area contributed by atoms with Gasteiger partial charge in [0, 0.05) is 12.5 Å². The van der Waals surface area contributed by atoms with E-state index >= 15 is 0 Å². The van der Waals surface area contributed by atoms with E-state index in [9.17, 15) is 0 Å². The van der Waals surface area contributed by atoms with Crippen LogP contribution >= 0.6 is 0 Å². The van der Waals surface area contributed by atoms with Crippen molar-refractivity contribution in [3.63, 3.8) is 0 Å². The first-order chi connectivity index (χ1) is 6.34. The molecule has 0 aliphatic heterocycles. The fraction of sp³-hybridized carbons (Fsp3) is 0.455. The minimum Gasteiger partial charge on any atom is -0.469 e. The first-order valence-corrected chi connectivity index (χ1v) is 4.80. The predicted molar refractivity (Wildman–Crippen MR) is 52.3 cm³/mol. The molecule has 2 N–H and O–H groups in total. The molecule has 0 bridgehead atoms. The van der Waals surface area contributed by atoms with Crippen LogP contribution in [-0.4, -0.2) is 6.04 Å². The van der Waals surface area contributed by atoms with E-state index in [-0.39, 0.29) is 0 Å². The first-order valence-electron chi connectivity index (χ1n) is 4.80. The molecule has 2 rings (SSSR count). The monoisotopic (exact) mass is 177 g/mol. The van der Waals surface area contributed by atoms with Gasteiger partial charge in [-0.2, -0.15) is 0 Å². The Morgan fingerprint density at radius 3 is 3.08 bits per heavy atom. The van der Waals surface area contributed by atoms with Gasteiger partial charge in [-0.15, -0.1) is 0 Å². The van der Waals surface area contributed by atoms with Crippen LogP contribution in [0.3, 0.4) is 0 Å². The number of nitrogens with two attached hydrogens (primary N) is 1. The highest BCUT2D eigenvalue weighted by atomic mass is 16.3. The van der Waals surface area contributed by atoms with Gasteiger partial charge in [-0.1, -0.05) is 11.6 Å². The molecule has 70 valence electrons. The van der Waals surface area contributed by atoms with Crippen LogP contribution in [0.5, 0.6) is 0 Å². The molecular weight excluding hydrogens is 162 g/mol. The molecule has 0 saturated carbocycles. The van der Waals surface area contributed by atoms with E-state index in [0.717, 1.165) is 31.4 Å². The normalized spacial score (nSPS) is 22.8. The Morgan fingerprint density at radius 2 is 2.46 bits per heavy atom. The van der Waals surface area contributed by atoms with Crippen LogP contribution in [0.25, 0.3) is 0 Å². The van der Waals surface area contributed by atoms with Crippen molar-refractivity contribution in [2.75, 3.05) is 0 Å². The van der Waals surface area contributed by atoms with Crippen LogP contribution in [0.1, 0.15) is 25.0 Å². The molecule has 13 heavy (non-hydrogen) atoms. The van der Waals surface area contributed by atoms with Gasteiger partial charge in [0.25, 0.3) is 0 Å². The molecule has 0 spiro atoms. The summed E-state index contributed by atoms with van der Waals surface area (Å²) in [5.41, 5.74) is 7.27. The van der Waals surface area contributed by atoms with Crippen LogP contribution in [0.4, 0.5) is 0 Å². The molecule has 1 aromatic heterocycles. The SMILES string of the molecule is NC1CC=C(Cc2ccco2)CC1. The molecule has 2 heteroatoms. The Bertz CT molecular complexity index is 287. The maximum Gasteiger partial charge on any atom is 0.107 e. The van der Waals surface area contributed by atoms with Crippen LogP contribution in [0, 0.1) is 0 Å². The average Bonchev–Trinajstić information content (AvgIpc) is 2.62.